The van der Waals surface area contributed by atoms with Crippen molar-refractivity contribution in [2.75, 3.05) is 11.1 Å². The van der Waals surface area contributed by atoms with Gasteiger partial charge in [-0.25, -0.2) is 4.39 Å². The molecule has 4 heteroatoms. The van der Waals surface area contributed by atoms with Crippen LogP contribution in [-0.4, -0.2) is 0 Å². The van der Waals surface area contributed by atoms with E-state index in [0.717, 1.165) is 27.1 Å². The Kier molecular flexibility index (Phi) is 3.33. The molecule has 0 amide bonds. The average molecular weight is 295 g/mol. The second kappa shape index (κ2) is 4.75. The quantitative estimate of drug-likeness (QED) is 0.814. The molecular weight excluding hydrogens is 283 g/mol. The van der Waals surface area contributed by atoms with Crippen molar-refractivity contribution in [1.29, 1.82) is 0 Å². The number of halogens is 2. The normalized spacial score (nSPS) is 10.3. The zero-order valence-corrected chi connectivity index (χ0v) is 10.9. The van der Waals surface area contributed by atoms with Gasteiger partial charge in [0.05, 0.1) is 5.69 Å². The second-order valence-corrected chi connectivity index (χ2v) is 4.67. The van der Waals surface area contributed by atoms with E-state index in [1.54, 1.807) is 12.1 Å². The molecule has 0 heterocycles. The Balaban J connectivity index is 2.30. The van der Waals surface area contributed by atoms with Gasteiger partial charge in [0.1, 0.15) is 5.82 Å². The Morgan fingerprint density at radius 3 is 2.47 bits per heavy atom. The van der Waals surface area contributed by atoms with Crippen LogP contribution in [0.25, 0.3) is 0 Å². The van der Waals surface area contributed by atoms with E-state index >= 15 is 0 Å². The molecule has 17 heavy (non-hydrogen) atoms. The molecule has 2 aromatic rings. The Labute approximate surface area is 108 Å². The van der Waals surface area contributed by atoms with Crippen molar-refractivity contribution in [3.63, 3.8) is 0 Å². The molecule has 0 bridgehead atoms. The fraction of sp³-hybridized carbons (Fsp3) is 0.0769. The Morgan fingerprint density at radius 2 is 1.82 bits per heavy atom. The third-order valence-corrected chi connectivity index (χ3v) is 3.14. The molecule has 3 N–H and O–H groups in total. The molecule has 2 rings (SSSR count). The molecule has 0 spiro atoms. The number of nitrogen functional groups attached to an aromatic ring is 1. The first-order valence-corrected chi connectivity index (χ1v) is 5.94. The van der Waals surface area contributed by atoms with Crippen LogP contribution < -0.4 is 11.1 Å². The zero-order chi connectivity index (χ0) is 12.4. The lowest BCUT2D eigenvalue weighted by Crippen LogP contribution is -1.95. The topological polar surface area (TPSA) is 38.0 Å². The van der Waals surface area contributed by atoms with Crippen LogP contribution in [0.15, 0.2) is 40.9 Å². The van der Waals surface area contributed by atoms with Gasteiger partial charge in [-0.2, -0.15) is 0 Å². The van der Waals surface area contributed by atoms with E-state index in [9.17, 15) is 4.39 Å². The molecule has 0 fully saturated rings. The minimum atomic E-state index is -0.247. The molecule has 0 aliphatic carbocycles. The SMILES string of the molecule is Cc1cc(Nc2ccc(F)cc2)c(Br)cc1N. The van der Waals surface area contributed by atoms with E-state index in [-0.39, 0.29) is 5.82 Å². The van der Waals surface area contributed by atoms with Crippen molar-refractivity contribution in [2.24, 2.45) is 0 Å². The maximum atomic E-state index is 12.8. The summed E-state index contributed by atoms with van der Waals surface area (Å²) in [6.07, 6.45) is 0. The van der Waals surface area contributed by atoms with Gasteiger partial charge in [0, 0.05) is 15.8 Å². The summed E-state index contributed by atoms with van der Waals surface area (Å²) >= 11 is 3.44. The van der Waals surface area contributed by atoms with Gasteiger partial charge in [-0.1, -0.05) is 0 Å². The molecular formula is C13H12BrFN2. The summed E-state index contributed by atoms with van der Waals surface area (Å²) in [4.78, 5) is 0. The van der Waals surface area contributed by atoms with E-state index in [1.165, 1.54) is 12.1 Å². The predicted octanol–water partition coefficient (Wildman–Crippen LogP) is 4.22. The number of aryl methyl sites for hydroxylation is 1. The lowest BCUT2D eigenvalue weighted by Gasteiger charge is -2.11. The van der Waals surface area contributed by atoms with Crippen LogP contribution in [0.3, 0.4) is 0 Å². The molecule has 0 unspecified atom stereocenters. The van der Waals surface area contributed by atoms with Gasteiger partial charge >= 0.3 is 0 Å². The maximum absolute atomic E-state index is 12.8. The fourth-order valence-corrected chi connectivity index (χ4v) is 1.94. The van der Waals surface area contributed by atoms with Crippen LogP contribution in [0, 0.1) is 12.7 Å². The summed E-state index contributed by atoms with van der Waals surface area (Å²) in [7, 11) is 0. The summed E-state index contributed by atoms with van der Waals surface area (Å²) < 4.78 is 13.6. The minimum absolute atomic E-state index is 0.247. The minimum Gasteiger partial charge on any atom is -0.398 e. The van der Waals surface area contributed by atoms with Crippen LogP contribution in [-0.2, 0) is 0 Å². The lowest BCUT2D eigenvalue weighted by molar-refractivity contribution is 0.628. The molecule has 88 valence electrons. The molecule has 0 saturated carbocycles. The van der Waals surface area contributed by atoms with E-state index < -0.39 is 0 Å². The van der Waals surface area contributed by atoms with Gasteiger partial charge in [0.2, 0.25) is 0 Å². The predicted molar refractivity (Wildman–Crippen MR) is 73.0 cm³/mol. The monoisotopic (exact) mass is 294 g/mol. The molecule has 0 aliphatic heterocycles. The third kappa shape index (κ3) is 2.77. The van der Waals surface area contributed by atoms with Crippen molar-refractivity contribution >= 4 is 33.0 Å². The first kappa shape index (κ1) is 11.9. The van der Waals surface area contributed by atoms with E-state index in [1.807, 2.05) is 19.1 Å². The van der Waals surface area contributed by atoms with Crippen LogP contribution in [0.4, 0.5) is 21.5 Å². The third-order valence-electron chi connectivity index (χ3n) is 2.48. The molecule has 0 saturated heterocycles. The fourth-order valence-electron chi connectivity index (χ4n) is 1.48. The summed E-state index contributed by atoms with van der Waals surface area (Å²) in [6.45, 7) is 1.94. The van der Waals surface area contributed by atoms with Crippen molar-refractivity contribution in [3.8, 4) is 0 Å². The Morgan fingerprint density at radius 1 is 1.18 bits per heavy atom. The Hall–Kier alpha value is -1.55. The summed E-state index contributed by atoms with van der Waals surface area (Å²) in [5.41, 5.74) is 9.27. The van der Waals surface area contributed by atoms with Crippen molar-refractivity contribution in [3.05, 3.63) is 52.3 Å². The molecule has 0 aromatic heterocycles. The highest BCUT2D eigenvalue weighted by Gasteiger charge is 2.04. The first-order valence-electron chi connectivity index (χ1n) is 5.14. The van der Waals surface area contributed by atoms with Crippen LogP contribution in [0.2, 0.25) is 0 Å². The standard InChI is InChI=1S/C13H12BrFN2/c1-8-6-13(11(14)7-12(8)16)17-10-4-2-9(15)3-5-10/h2-7,17H,16H2,1H3. The van der Waals surface area contributed by atoms with Crippen LogP contribution in [0.1, 0.15) is 5.56 Å². The highest BCUT2D eigenvalue weighted by Crippen LogP contribution is 2.30. The number of anilines is 3. The molecule has 0 atom stereocenters. The van der Waals surface area contributed by atoms with Gasteiger partial charge in [0.25, 0.3) is 0 Å². The van der Waals surface area contributed by atoms with Crippen molar-refractivity contribution in [1.82, 2.24) is 0 Å². The summed E-state index contributed by atoms with van der Waals surface area (Å²) in [6, 6.07) is 10.0. The van der Waals surface area contributed by atoms with Gasteiger partial charge in [0.15, 0.2) is 0 Å². The maximum Gasteiger partial charge on any atom is 0.123 e. The second-order valence-electron chi connectivity index (χ2n) is 3.82. The van der Waals surface area contributed by atoms with Gasteiger partial charge in [-0.15, -0.1) is 0 Å². The summed E-state index contributed by atoms with van der Waals surface area (Å²) in [5, 5.41) is 3.20. The van der Waals surface area contributed by atoms with Crippen LogP contribution in [0.5, 0.6) is 0 Å². The molecule has 2 nitrogen and oxygen atoms in total. The largest absolute Gasteiger partial charge is 0.398 e. The number of nitrogens with one attached hydrogen (secondary N) is 1. The smallest absolute Gasteiger partial charge is 0.123 e. The number of rotatable bonds is 2. The molecule has 0 aliphatic rings. The molecule has 0 radical (unpaired) electrons. The highest BCUT2D eigenvalue weighted by molar-refractivity contribution is 9.10. The number of nitrogens with two attached hydrogens (primary N) is 1. The number of hydrogen-bond donors (Lipinski definition) is 2. The Bertz CT molecular complexity index is 538. The van der Waals surface area contributed by atoms with E-state index in [2.05, 4.69) is 21.2 Å². The first-order chi connectivity index (χ1) is 8.06. The van der Waals surface area contributed by atoms with E-state index in [4.69, 9.17) is 5.73 Å². The summed E-state index contributed by atoms with van der Waals surface area (Å²) in [5.74, 6) is -0.247. The van der Waals surface area contributed by atoms with E-state index in [0.29, 0.717) is 0 Å². The van der Waals surface area contributed by atoms with Crippen molar-refractivity contribution in [2.45, 2.75) is 6.92 Å². The molecule has 2 aromatic carbocycles. The van der Waals surface area contributed by atoms with Gasteiger partial charge < -0.3 is 11.1 Å². The zero-order valence-electron chi connectivity index (χ0n) is 9.30. The highest BCUT2D eigenvalue weighted by atomic mass is 79.9. The lowest BCUT2D eigenvalue weighted by atomic mass is 10.2. The van der Waals surface area contributed by atoms with Crippen molar-refractivity contribution < 1.29 is 4.39 Å². The average Bonchev–Trinajstić information content (AvgIpc) is 2.29. The number of hydrogen-bond acceptors (Lipinski definition) is 2. The van der Waals surface area contributed by atoms with Gasteiger partial charge in [-0.05, 0) is 64.8 Å². The number of benzene rings is 2. The van der Waals surface area contributed by atoms with Gasteiger partial charge in [-0.3, -0.25) is 0 Å². The van der Waals surface area contributed by atoms with Crippen LogP contribution >= 0.6 is 15.9 Å².